The third-order valence-electron chi connectivity index (χ3n) is 2.61. The Hall–Kier alpha value is -0.790. The first-order valence-electron chi connectivity index (χ1n) is 4.56. The van der Waals surface area contributed by atoms with E-state index in [0.29, 0.717) is 11.8 Å². The van der Waals surface area contributed by atoms with Crippen LogP contribution in [0.4, 0.5) is 0 Å². The smallest absolute Gasteiger partial charge is 0.246 e. The van der Waals surface area contributed by atoms with Gasteiger partial charge in [0.2, 0.25) is 5.91 Å². The second-order valence-electron chi connectivity index (χ2n) is 3.70. The van der Waals surface area contributed by atoms with Gasteiger partial charge in [0, 0.05) is 13.1 Å². The van der Waals surface area contributed by atoms with E-state index < -0.39 is 0 Å². The molecule has 0 spiro atoms. The molecule has 0 aliphatic carbocycles. The van der Waals surface area contributed by atoms with Crippen LogP contribution in [0, 0.1) is 11.8 Å². The molecule has 0 aromatic heterocycles. The van der Waals surface area contributed by atoms with Gasteiger partial charge in [-0.15, -0.1) is 0 Å². The van der Waals surface area contributed by atoms with Gasteiger partial charge in [-0.25, -0.2) is 0 Å². The fraction of sp³-hybridized carbons (Fsp3) is 0.700. The number of carbonyl (C=O) groups is 1. The molecule has 1 aliphatic rings. The number of rotatable bonds is 1. The van der Waals surface area contributed by atoms with Crippen molar-refractivity contribution in [3.63, 3.8) is 0 Å². The van der Waals surface area contributed by atoms with Crippen molar-refractivity contribution in [1.29, 1.82) is 0 Å². The minimum Gasteiger partial charge on any atom is -0.339 e. The molecule has 2 unspecified atom stereocenters. The van der Waals surface area contributed by atoms with E-state index in [9.17, 15) is 4.79 Å². The zero-order valence-corrected chi connectivity index (χ0v) is 8.08. The van der Waals surface area contributed by atoms with Crippen LogP contribution in [0.5, 0.6) is 0 Å². The van der Waals surface area contributed by atoms with Crippen LogP contribution in [0.2, 0.25) is 0 Å². The van der Waals surface area contributed by atoms with Crippen LogP contribution in [0.25, 0.3) is 0 Å². The predicted octanol–water partition coefficient (Wildman–Crippen LogP) is 1.68. The van der Waals surface area contributed by atoms with E-state index in [1.54, 1.807) is 12.2 Å². The van der Waals surface area contributed by atoms with E-state index in [2.05, 4.69) is 13.8 Å². The first-order chi connectivity index (χ1) is 5.65. The summed E-state index contributed by atoms with van der Waals surface area (Å²) in [7, 11) is 0. The summed E-state index contributed by atoms with van der Waals surface area (Å²) in [5, 5.41) is 0. The van der Waals surface area contributed by atoms with Crippen LogP contribution in [-0.4, -0.2) is 23.9 Å². The van der Waals surface area contributed by atoms with Gasteiger partial charge in [0.15, 0.2) is 0 Å². The maximum atomic E-state index is 11.4. The molecule has 2 atom stereocenters. The number of nitrogens with zero attached hydrogens (tertiary/aromatic N) is 1. The van der Waals surface area contributed by atoms with E-state index >= 15 is 0 Å². The first kappa shape index (κ1) is 9.30. The maximum absolute atomic E-state index is 11.4. The van der Waals surface area contributed by atoms with Crippen molar-refractivity contribution in [1.82, 2.24) is 4.90 Å². The lowest BCUT2D eigenvalue weighted by Crippen LogP contribution is -2.26. The Bertz CT molecular complexity index is 188. The lowest BCUT2D eigenvalue weighted by Gasteiger charge is -2.12. The van der Waals surface area contributed by atoms with E-state index in [1.807, 2.05) is 11.8 Å². The summed E-state index contributed by atoms with van der Waals surface area (Å²) in [5.74, 6) is 1.46. The van der Waals surface area contributed by atoms with E-state index in [1.165, 1.54) is 0 Å². The molecule has 2 nitrogen and oxygen atoms in total. The van der Waals surface area contributed by atoms with Crippen LogP contribution in [0.15, 0.2) is 12.2 Å². The standard InChI is InChI=1S/C10H17NO/c1-4-5-10(12)11-6-8(2)9(3)7-11/h4-5,8-9H,6-7H2,1-3H3. The van der Waals surface area contributed by atoms with Crippen molar-refractivity contribution >= 4 is 5.91 Å². The van der Waals surface area contributed by atoms with Crippen molar-refractivity contribution < 1.29 is 4.79 Å². The van der Waals surface area contributed by atoms with Gasteiger partial charge in [-0.3, -0.25) is 4.79 Å². The molecule has 1 aliphatic heterocycles. The Labute approximate surface area is 74.2 Å². The molecular weight excluding hydrogens is 150 g/mol. The zero-order valence-electron chi connectivity index (χ0n) is 8.08. The topological polar surface area (TPSA) is 20.3 Å². The van der Waals surface area contributed by atoms with E-state index in [-0.39, 0.29) is 5.91 Å². The van der Waals surface area contributed by atoms with Crippen LogP contribution >= 0.6 is 0 Å². The van der Waals surface area contributed by atoms with Crippen LogP contribution in [-0.2, 0) is 4.79 Å². The summed E-state index contributed by atoms with van der Waals surface area (Å²) >= 11 is 0. The highest BCUT2D eigenvalue weighted by molar-refractivity contribution is 5.87. The molecule has 1 rings (SSSR count). The quantitative estimate of drug-likeness (QED) is 0.544. The molecule has 1 fully saturated rings. The molecular formula is C10H17NO. The number of allylic oxidation sites excluding steroid dienone is 1. The van der Waals surface area contributed by atoms with Crippen molar-refractivity contribution in [3.05, 3.63) is 12.2 Å². The molecule has 2 heteroatoms. The molecule has 0 bridgehead atoms. The summed E-state index contributed by atoms with van der Waals surface area (Å²) < 4.78 is 0. The lowest BCUT2D eigenvalue weighted by molar-refractivity contribution is -0.125. The summed E-state index contributed by atoms with van der Waals surface area (Å²) in [6.07, 6.45) is 3.45. The number of carbonyl (C=O) groups excluding carboxylic acids is 1. The van der Waals surface area contributed by atoms with Crippen LogP contribution in [0.3, 0.4) is 0 Å². The van der Waals surface area contributed by atoms with Crippen LogP contribution < -0.4 is 0 Å². The minimum atomic E-state index is 0.161. The Morgan fingerprint density at radius 3 is 2.25 bits per heavy atom. The van der Waals surface area contributed by atoms with Crippen molar-refractivity contribution in [2.45, 2.75) is 20.8 Å². The number of hydrogen-bond donors (Lipinski definition) is 0. The highest BCUT2D eigenvalue weighted by atomic mass is 16.2. The predicted molar refractivity (Wildman–Crippen MR) is 49.7 cm³/mol. The highest BCUT2D eigenvalue weighted by Gasteiger charge is 2.27. The Morgan fingerprint density at radius 2 is 1.83 bits per heavy atom. The molecule has 1 heterocycles. The van der Waals surface area contributed by atoms with Gasteiger partial charge >= 0.3 is 0 Å². The zero-order chi connectivity index (χ0) is 9.14. The number of likely N-dealkylation sites (tertiary alicyclic amines) is 1. The molecule has 0 saturated carbocycles. The average molecular weight is 167 g/mol. The van der Waals surface area contributed by atoms with Crippen molar-refractivity contribution in [2.24, 2.45) is 11.8 Å². The molecule has 12 heavy (non-hydrogen) atoms. The second kappa shape index (κ2) is 3.74. The monoisotopic (exact) mass is 167 g/mol. The molecule has 0 aromatic rings. The average Bonchev–Trinajstić information content (AvgIpc) is 2.33. The van der Waals surface area contributed by atoms with Gasteiger partial charge in [-0.05, 0) is 24.8 Å². The minimum absolute atomic E-state index is 0.161. The summed E-state index contributed by atoms with van der Waals surface area (Å²) in [4.78, 5) is 13.3. The van der Waals surface area contributed by atoms with Gasteiger partial charge in [0.1, 0.15) is 0 Å². The Balaban J connectivity index is 2.51. The Kier molecular flexibility index (Phi) is 2.90. The third kappa shape index (κ3) is 1.87. The Morgan fingerprint density at radius 1 is 1.33 bits per heavy atom. The van der Waals surface area contributed by atoms with E-state index in [4.69, 9.17) is 0 Å². The van der Waals surface area contributed by atoms with Gasteiger partial charge in [0.05, 0.1) is 0 Å². The van der Waals surface area contributed by atoms with Gasteiger partial charge in [-0.2, -0.15) is 0 Å². The van der Waals surface area contributed by atoms with Gasteiger partial charge < -0.3 is 4.90 Å². The molecule has 0 radical (unpaired) electrons. The molecule has 68 valence electrons. The summed E-state index contributed by atoms with van der Waals surface area (Å²) in [6.45, 7) is 8.12. The second-order valence-corrected chi connectivity index (χ2v) is 3.70. The van der Waals surface area contributed by atoms with Gasteiger partial charge in [-0.1, -0.05) is 19.9 Å². The fourth-order valence-electron chi connectivity index (χ4n) is 1.56. The number of hydrogen-bond acceptors (Lipinski definition) is 1. The largest absolute Gasteiger partial charge is 0.339 e. The first-order valence-corrected chi connectivity index (χ1v) is 4.56. The molecule has 0 N–H and O–H groups in total. The molecule has 0 aromatic carbocycles. The SMILES string of the molecule is CC=CC(=O)N1CC(C)C(C)C1. The van der Waals surface area contributed by atoms with Crippen molar-refractivity contribution in [2.75, 3.05) is 13.1 Å². The summed E-state index contributed by atoms with van der Waals surface area (Å²) in [6, 6.07) is 0. The van der Waals surface area contributed by atoms with Crippen molar-refractivity contribution in [3.8, 4) is 0 Å². The van der Waals surface area contributed by atoms with E-state index in [0.717, 1.165) is 13.1 Å². The van der Waals surface area contributed by atoms with Gasteiger partial charge in [0.25, 0.3) is 0 Å². The van der Waals surface area contributed by atoms with Crippen LogP contribution in [0.1, 0.15) is 20.8 Å². The third-order valence-corrected chi connectivity index (χ3v) is 2.61. The molecule has 1 amide bonds. The highest BCUT2D eigenvalue weighted by Crippen LogP contribution is 2.21. The normalized spacial score (nSPS) is 30.1. The fourth-order valence-corrected chi connectivity index (χ4v) is 1.56. The number of amides is 1. The summed E-state index contributed by atoms with van der Waals surface area (Å²) in [5.41, 5.74) is 0. The maximum Gasteiger partial charge on any atom is 0.246 e. The molecule has 1 saturated heterocycles. The lowest BCUT2D eigenvalue weighted by atomic mass is 10.0.